The van der Waals surface area contributed by atoms with E-state index < -0.39 is 17.8 Å². The van der Waals surface area contributed by atoms with Crippen LogP contribution in [0.1, 0.15) is 0 Å². The van der Waals surface area contributed by atoms with E-state index in [0.29, 0.717) is 0 Å². The van der Waals surface area contributed by atoms with Gasteiger partial charge in [-0.1, -0.05) is 4.99 Å². The number of hydroxylamine groups is 1. The molecule has 0 aromatic heterocycles. The molecule has 3 N–H and O–H groups in total. The molecule has 0 aliphatic carbocycles. The predicted octanol–water partition coefficient (Wildman–Crippen LogP) is 0.143. The molecule has 0 fully saturated rings. The molecule has 1 aliphatic heterocycles. The van der Waals surface area contributed by atoms with Crippen molar-refractivity contribution in [1.82, 2.24) is 5.48 Å². The quantitative estimate of drug-likeness (QED) is 0.490. The van der Waals surface area contributed by atoms with Crippen molar-refractivity contribution < 1.29 is 23.0 Å². The Labute approximate surface area is 53.3 Å². The van der Waals surface area contributed by atoms with E-state index in [1.54, 1.807) is 0 Å². The second kappa shape index (κ2) is 1.94. The monoisotopic (exact) mass is 156 g/mol. The van der Waals surface area contributed by atoms with Gasteiger partial charge in [-0.2, -0.15) is 13.2 Å². The Morgan fingerprint density at radius 1 is 1.40 bits per heavy atom. The number of nitrogens with one attached hydrogen (secondary N) is 1. The fourth-order valence-corrected chi connectivity index (χ4v) is 0.397. The molecule has 0 radical (unpaired) electrons. The molecule has 0 aromatic rings. The molecule has 0 atom stereocenters. The molecular weight excluding hydrogens is 153 g/mol. The summed E-state index contributed by atoms with van der Waals surface area (Å²) in [5.74, 6) is -0.812. The zero-order chi connectivity index (χ0) is 7.78. The summed E-state index contributed by atoms with van der Waals surface area (Å²) in [7, 11) is 0. The molecule has 1 heterocycles. The normalized spacial score (nSPS) is 18.7. The zero-order valence-electron chi connectivity index (χ0n) is 4.53. The van der Waals surface area contributed by atoms with Crippen molar-refractivity contribution >= 4 is 0 Å². The van der Waals surface area contributed by atoms with Gasteiger partial charge in [0.25, 0.3) is 5.88 Å². The molecule has 0 saturated carbocycles. The van der Waals surface area contributed by atoms with E-state index in [9.17, 15) is 13.2 Å². The van der Waals surface area contributed by atoms with Crippen LogP contribution in [0.15, 0.2) is 11.6 Å². The fourth-order valence-electron chi connectivity index (χ4n) is 0.397. The highest BCUT2D eigenvalue weighted by Crippen LogP contribution is 2.27. The summed E-state index contributed by atoms with van der Waals surface area (Å²) in [4.78, 5) is 7.54. The molecule has 0 saturated heterocycles. The number of rotatable bonds is 0. The Morgan fingerprint density at radius 3 is 2.20 bits per heavy atom. The van der Waals surface area contributed by atoms with Gasteiger partial charge in [-0.3, -0.25) is 4.89 Å². The largest absolute Gasteiger partial charge is 0.438 e. The van der Waals surface area contributed by atoms with E-state index in [0.717, 1.165) is 0 Å². The third-order valence-corrected chi connectivity index (χ3v) is 0.805. The van der Waals surface area contributed by atoms with E-state index in [4.69, 9.17) is 5.73 Å². The van der Waals surface area contributed by atoms with Crippen LogP contribution in [0.3, 0.4) is 0 Å². The highest BCUT2D eigenvalue weighted by atomic mass is 19.4. The van der Waals surface area contributed by atoms with Gasteiger partial charge in [-0.15, -0.1) is 0 Å². The number of halogens is 3. The van der Waals surface area contributed by atoms with Gasteiger partial charge >= 0.3 is 6.18 Å². The van der Waals surface area contributed by atoms with Crippen molar-refractivity contribution in [2.75, 3.05) is 0 Å². The maximum absolute atomic E-state index is 11.7. The van der Waals surface area contributed by atoms with E-state index in [1.807, 2.05) is 0 Å². The lowest BCUT2D eigenvalue weighted by Gasteiger charge is -2.03. The highest BCUT2D eigenvalue weighted by Gasteiger charge is 2.41. The molecular formula is C3H3F3N2O2. The number of hydrogen-bond donors (Lipinski definition) is 2. The predicted molar refractivity (Wildman–Crippen MR) is 22.6 cm³/mol. The first-order valence-corrected chi connectivity index (χ1v) is 2.18. The van der Waals surface area contributed by atoms with Crippen molar-refractivity contribution in [2.24, 2.45) is 5.73 Å². The van der Waals surface area contributed by atoms with Crippen LogP contribution in [0.4, 0.5) is 13.2 Å². The molecule has 1 aliphatic rings. The van der Waals surface area contributed by atoms with Gasteiger partial charge in [0.2, 0.25) is 5.70 Å². The molecule has 7 heteroatoms. The molecule has 0 amide bonds. The summed E-state index contributed by atoms with van der Waals surface area (Å²) in [6, 6.07) is 0. The van der Waals surface area contributed by atoms with Crippen LogP contribution in [0.2, 0.25) is 0 Å². The lowest BCUT2D eigenvalue weighted by atomic mass is 10.4. The molecule has 4 nitrogen and oxygen atoms in total. The van der Waals surface area contributed by atoms with Gasteiger partial charge in [0.15, 0.2) is 0 Å². The molecule has 10 heavy (non-hydrogen) atoms. The molecule has 58 valence electrons. The van der Waals surface area contributed by atoms with Gasteiger partial charge in [-0.05, 0) is 0 Å². The zero-order valence-corrected chi connectivity index (χ0v) is 4.53. The third-order valence-electron chi connectivity index (χ3n) is 0.805. The first-order valence-electron chi connectivity index (χ1n) is 2.18. The fraction of sp³-hybridized carbons (Fsp3) is 0.333. The van der Waals surface area contributed by atoms with Gasteiger partial charge in [0.05, 0.1) is 0 Å². The first kappa shape index (κ1) is 7.00. The minimum atomic E-state index is -4.55. The average Bonchev–Trinajstić information content (AvgIpc) is 2.11. The molecule has 0 bridgehead atoms. The lowest BCUT2D eigenvalue weighted by Crippen LogP contribution is -2.23. The highest BCUT2D eigenvalue weighted by molar-refractivity contribution is 5.09. The maximum Gasteiger partial charge on any atom is 0.438 e. The summed E-state index contributed by atoms with van der Waals surface area (Å²) >= 11 is 0. The smallest absolute Gasteiger partial charge is 0.365 e. The van der Waals surface area contributed by atoms with Crippen LogP contribution in [0, 0.1) is 0 Å². The minimum absolute atomic E-state index is 0.812. The van der Waals surface area contributed by atoms with Crippen LogP contribution < -0.4 is 11.2 Å². The van der Waals surface area contributed by atoms with Crippen LogP contribution >= 0.6 is 0 Å². The second-order valence-electron chi connectivity index (χ2n) is 1.51. The van der Waals surface area contributed by atoms with Crippen LogP contribution in [0.25, 0.3) is 0 Å². The molecule has 1 rings (SSSR count). The van der Waals surface area contributed by atoms with E-state index in [1.165, 1.54) is 5.48 Å². The van der Waals surface area contributed by atoms with Crippen LogP contribution in [-0.4, -0.2) is 6.18 Å². The maximum atomic E-state index is 11.7. The number of allylic oxidation sites excluding steroid dienone is 1. The van der Waals surface area contributed by atoms with Crippen molar-refractivity contribution in [2.45, 2.75) is 6.18 Å². The average molecular weight is 156 g/mol. The topological polar surface area (TPSA) is 56.5 Å². The Morgan fingerprint density at radius 2 is 2.00 bits per heavy atom. The Kier molecular flexibility index (Phi) is 1.36. The molecule has 0 unspecified atom stereocenters. The van der Waals surface area contributed by atoms with E-state index >= 15 is 0 Å². The molecule has 0 aromatic carbocycles. The lowest BCUT2D eigenvalue weighted by molar-refractivity contribution is -0.279. The number of hydrogen-bond acceptors (Lipinski definition) is 4. The Hall–Kier alpha value is -1.11. The van der Waals surface area contributed by atoms with E-state index in [-0.39, 0.29) is 0 Å². The number of nitrogens with two attached hydrogens (primary N) is 1. The van der Waals surface area contributed by atoms with Crippen molar-refractivity contribution in [3.05, 3.63) is 11.6 Å². The summed E-state index contributed by atoms with van der Waals surface area (Å²) in [6.45, 7) is 0. The van der Waals surface area contributed by atoms with Crippen molar-refractivity contribution in [3.8, 4) is 0 Å². The van der Waals surface area contributed by atoms with Gasteiger partial charge in [0.1, 0.15) is 0 Å². The van der Waals surface area contributed by atoms with Crippen LogP contribution in [-0.2, 0) is 9.88 Å². The summed E-state index contributed by atoms with van der Waals surface area (Å²) in [6.07, 6.45) is -4.55. The first-order chi connectivity index (χ1) is 4.52. The second-order valence-corrected chi connectivity index (χ2v) is 1.51. The van der Waals surface area contributed by atoms with Gasteiger partial charge < -0.3 is 5.73 Å². The molecule has 0 spiro atoms. The van der Waals surface area contributed by atoms with Gasteiger partial charge in [0, 0.05) is 0 Å². The number of alkyl halides is 3. The van der Waals surface area contributed by atoms with Crippen molar-refractivity contribution in [3.63, 3.8) is 0 Å². The van der Waals surface area contributed by atoms with Crippen LogP contribution in [0.5, 0.6) is 0 Å². The summed E-state index contributed by atoms with van der Waals surface area (Å²) in [5.41, 5.74) is 4.95. The SMILES string of the molecule is NC1=C(C(F)(F)F)NOO1. The minimum Gasteiger partial charge on any atom is -0.365 e. The standard InChI is InChI=1S/C3H3F3N2O2/c4-3(5,6)1-2(7)9-10-8-1/h8H,7H2. The summed E-state index contributed by atoms with van der Waals surface area (Å²) < 4.78 is 35.0. The Bertz CT molecular complexity index is 175. The Balaban J connectivity index is 2.81. The third kappa shape index (κ3) is 1.08. The van der Waals surface area contributed by atoms with E-state index in [2.05, 4.69) is 9.88 Å². The summed E-state index contributed by atoms with van der Waals surface area (Å²) in [5, 5.41) is 0. The van der Waals surface area contributed by atoms with Crippen molar-refractivity contribution in [1.29, 1.82) is 0 Å². The van der Waals surface area contributed by atoms with Gasteiger partial charge in [-0.25, -0.2) is 5.48 Å².